The van der Waals surface area contributed by atoms with Crippen LogP contribution in [0.5, 0.6) is 0 Å². The fourth-order valence-corrected chi connectivity index (χ4v) is 2.07. The van der Waals surface area contributed by atoms with E-state index in [9.17, 15) is 9.90 Å². The van der Waals surface area contributed by atoms with Crippen LogP contribution in [0.2, 0.25) is 0 Å². The van der Waals surface area contributed by atoms with Gasteiger partial charge in [0.1, 0.15) is 0 Å². The topological polar surface area (TPSA) is 58.6 Å². The predicted molar refractivity (Wildman–Crippen MR) is 66.6 cm³/mol. The van der Waals surface area contributed by atoms with Crippen LogP contribution in [0.15, 0.2) is 12.2 Å². The van der Waals surface area contributed by atoms with Crippen LogP contribution in [0.25, 0.3) is 0 Å². The number of carbonyl (C=O) groups excluding carboxylic acids is 1. The van der Waals surface area contributed by atoms with Gasteiger partial charge in [-0.05, 0) is 45.1 Å². The van der Waals surface area contributed by atoms with Gasteiger partial charge in [-0.1, -0.05) is 6.08 Å². The highest BCUT2D eigenvalue weighted by Gasteiger charge is 2.18. The number of carbonyl (C=O) groups is 1. The van der Waals surface area contributed by atoms with Crippen molar-refractivity contribution in [3.63, 3.8) is 0 Å². The Morgan fingerprint density at radius 3 is 2.76 bits per heavy atom. The van der Waals surface area contributed by atoms with Crippen LogP contribution in [-0.4, -0.2) is 36.9 Å². The average molecular weight is 241 g/mol. The van der Waals surface area contributed by atoms with E-state index in [1.165, 1.54) is 6.08 Å². The average Bonchev–Trinajstić information content (AvgIpc) is 2.31. The molecule has 0 atom stereocenters. The first-order valence-electron chi connectivity index (χ1n) is 6.44. The summed E-state index contributed by atoms with van der Waals surface area (Å²) >= 11 is 0. The van der Waals surface area contributed by atoms with E-state index in [2.05, 4.69) is 5.32 Å². The molecule has 98 valence electrons. The number of hydrogen-bond donors (Lipinski definition) is 2. The molecular formula is C13H23NO3. The lowest BCUT2D eigenvalue weighted by Gasteiger charge is -2.25. The van der Waals surface area contributed by atoms with Crippen molar-refractivity contribution in [3.8, 4) is 0 Å². The minimum atomic E-state index is -0.282. The standard InChI is InChI=1S/C13H23NO3/c1-2-17-13(16)4-3-9-14-10-11-5-7-12(15)8-6-11/h3-4,11-12,14-15H,2,5-10H2,1H3/b4-3+. The monoisotopic (exact) mass is 241 g/mol. The molecule has 0 aliphatic heterocycles. The summed E-state index contributed by atoms with van der Waals surface area (Å²) in [4.78, 5) is 11.0. The van der Waals surface area contributed by atoms with Crippen LogP contribution in [0.3, 0.4) is 0 Å². The zero-order chi connectivity index (χ0) is 12.5. The van der Waals surface area contributed by atoms with Crippen LogP contribution in [0, 0.1) is 5.92 Å². The quantitative estimate of drug-likeness (QED) is 0.417. The molecule has 2 N–H and O–H groups in total. The first-order valence-corrected chi connectivity index (χ1v) is 6.44. The van der Waals surface area contributed by atoms with Gasteiger partial charge in [0.25, 0.3) is 0 Å². The van der Waals surface area contributed by atoms with Gasteiger partial charge in [0, 0.05) is 12.6 Å². The van der Waals surface area contributed by atoms with Crippen LogP contribution in [-0.2, 0) is 9.53 Å². The molecule has 0 unspecified atom stereocenters. The zero-order valence-corrected chi connectivity index (χ0v) is 10.5. The number of nitrogens with one attached hydrogen (secondary N) is 1. The largest absolute Gasteiger partial charge is 0.463 e. The van der Waals surface area contributed by atoms with Crippen molar-refractivity contribution in [3.05, 3.63) is 12.2 Å². The lowest BCUT2D eigenvalue weighted by molar-refractivity contribution is -0.137. The first kappa shape index (κ1) is 14.2. The number of aliphatic hydroxyl groups is 1. The third-order valence-corrected chi connectivity index (χ3v) is 3.05. The highest BCUT2D eigenvalue weighted by Crippen LogP contribution is 2.23. The molecule has 0 aromatic rings. The molecule has 0 aromatic heterocycles. The summed E-state index contributed by atoms with van der Waals surface area (Å²) in [5, 5.41) is 12.7. The molecule has 1 aliphatic carbocycles. The van der Waals surface area contributed by atoms with Crippen molar-refractivity contribution in [1.82, 2.24) is 5.32 Å². The highest BCUT2D eigenvalue weighted by molar-refractivity contribution is 5.81. The Hall–Kier alpha value is -0.870. The Balaban J connectivity index is 2.02. The van der Waals surface area contributed by atoms with Crippen LogP contribution in [0.1, 0.15) is 32.6 Å². The number of hydrogen-bond acceptors (Lipinski definition) is 4. The predicted octanol–water partition coefficient (Wildman–Crippen LogP) is 1.25. The maximum absolute atomic E-state index is 11.0. The SMILES string of the molecule is CCOC(=O)/C=C/CNCC1CCC(O)CC1. The number of ether oxygens (including phenoxy) is 1. The third kappa shape index (κ3) is 6.44. The van der Waals surface area contributed by atoms with E-state index in [0.29, 0.717) is 19.1 Å². The van der Waals surface area contributed by atoms with Crippen molar-refractivity contribution in [2.75, 3.05) is 19.7 Å². The molecule has 4 nitrogen and oxygen atoms in total. The lowest BCUT2D eigenvalue weighted by Crippen LogP contribution is -2.28. The molecule has 0 aromatic carbocycles. The molecule has 0 radical (unpaired) electrons. The molecule has 0 heterocycles. The second-order valence-electron chi connectivity index (χ2n) is 4.49. The van der Waals surface area contributed by atoms with Crippen molar-refractivity contribution in [2.24, 2.45) is 5.92 Å². The summed E-state index contributed by atoms with van der Waals surface area (Å²) in [6.07, 6.45) is 7.19. The molecular weight excluding hydrogens is 218 g/mol. The Labute approximate surface area is 103 Å². The van der Waals surface area contributed by atoms with Crippen LogP contribution in [0.4, 0.5) is 0 Å². The van der Waals surface area contributed by atoms with Crippen molar-refractivity contribution >= 4 is 5.97 Å². The Bertz CT molecular complexity index is 245. The van der Waals surface area contributed by atoms with Gasteiger partial charge in [-0.3, -0.25) is 0 Å². The maximum atomic E-state index is 11.0. The fraction of sp³-hybridized carbons (Fsp3) is 0.769. The molecule has 1 rings (SSSR count). The van der Waals surface area contributed by atoms with Crippen molar-refractivity contribution < 1.29 is 14.6 Å². The molecule has 0 saturated heterocycles. The van der Waals surface area contributed by atoms with Gasteiger partial charge in [-0.15, -0.1) is 0 Å². The van der Waals surface area contributed by atoms with E-state index in [1.54, 1.807) is 13.0 Å². The van der Waals surface area contributed by atoms with E-state index < -0.39 is 0 Å². The third-order valence-electron chi connectivity index (χ3n) is 3.05. The molecule has 17 heavy (non-hydrogen) atoms. The first-order chi connectivity index (χ1) is 8.22. The highest BCUT2D eigenvalue weighted by atomic mass is 16.5. The van der Waals surface area contributed by atoms with Gasteiger partial charge in [0.05, 0.1) is 12.7 Å². The molecule has 4 heteroatoms. The van der Waals surface area contributed by atoms with Crippen LogP contribution < -0.4 is 5.32 Å². The summed E-state index contributed by atoms with van der Waals surface area (Å²) in [6.45, 7) is 3.86. The van der Waals surface area contributed by atoms with Crippen molar-refractivity contribution in [1.29, 1.82) is 0 Å². The summed E-state index contributed by atoms with van der Waals surface area (Å²) in [5.41, 5.74) is 0. The Morgan fingerprint density at radius 1 is 1.41 bits per heavy atom. The maximum Gasteiger partial charge on any atom is 0.330 e. The molecule has 0 bridgehead atoms. The molecule has 1 saturated carbocycles. The van der Waals surface area contributed by atoms with Gasteiger partial charge in [-0.25, -0.2) is 4.79 Å². The van der Waals surface area contributed by atoms with E-state index in [4.69, 9.17) is 4.74 Å². The summed E-state index contributed by atoms with van der Waals surface area (Å²) < 4.78 is 4.77. The van der Waals surface area contributed by atoms with E-state index in [0.717, 1.165) is 32.2 Å². The van der Waals surface area contributed by atoms with E-state index >= 15 is 0 Å². The van der Waals surface area contributed by atoms with E-state index in [-0.39, 0.29) is 12.1 Å². The second-order valence-corrected chi connectivity index (χ2v) is 4.49. The summed E-state index contributed by atoms with van der Waals surface area (Å²) in [5.74, 6) is 0.379. The summed E-state index contributed by atoms with van der Waals surface area (Å²) in [6, 6.07) is 0. The van der Waals surface area contributed by atoms with Crippen LogP contribution >= 0.6 is 0 Å². The molecule has 1 fully saturated rings. The van der Waals surface area contributed by atoms with Gasteiger partial charge in [-0.2, -0.15) is 0 Å². The van der Waals surface area contributed by atoms with Crippen molar-refractivity contribution in [2.45, 2.75) is 38.7 Å². The number of rotatable bonds is 6. The Kier molecular flexibility index (Phi) is 6.89. The molecule has 0 amide bonds. The van der Waals surface area contributed by atoms with E-state index in [1.807, 2.05) is 0 Å². The fourth-order valence-electron chi connectivity index (χ4n) is 2.07. The minimum absolute atomic E-state index is 0.0880. The lowest BCUT2D eigenvalue weighted by atomic mass is 9.87. The van der Waals surface area contributed by atoms with Gasteiger partial charge < -0.3 is 15.2 Å². The summed E-state index contributed by atoms with van der Waals surface area (Å²) in [7, 11) is 0. The molecule has 0 spiro atoms. The normalized spacial score (nSPS) is 25.1. The zero-order valence-electron chi connectivity index (χ0n) is 10.5. The Morgan fingerprint density at radius 2 is 2.12 bits per heavy atom. The molecule has 1 aliphatic rings. The minimum Gasteiger partial charge on any atom is -0.463 e. The number of esters is 1. The van der Waals surface area contributed by atoms with Gasteiger partial charge in [0.15, 0.2) is 0 Å². The second kappa shape index (κ2) is 8.25. The van der Waals surface area contributed by atoms with Gasteiger partial charge in [0.2, 0.25) is 0 Å². The van der Waals surface area contributed by atoms with Gasteiger partial charge >= 0.3 is 5.97 Å². The number of aliphatic hydroxyl groups excluding tert-OH is 1. The smallest absolute Gasteiger partial charge is 0.330 e.